The Hall–Kier alpha value is -2.60. The van der Waals surface area contributed by atoms with Crippen LogP contribution in [-0.2, 0) is 0 Å². The minimum absolute atomic E-state index is 0.592. The maximum Gasteiger partial charge on any atom is 0.00611 e. The summed E-state index contributed by atoms with van der Waals surface area (Å²) < 4.78 is 0. The van der Waals surface area contributed by atoms with Gasteiger partial charge in [-0.1, -0.05) is 97.2 Å². The Morgan fingerprint density at radius 2 is 0.679 bits per heavy atom. The molecule has 0 aromatic carbocycles. The van der Waals surface area contributed by atoms with Crippen LogP contribution in [0.4, 0.5) is 0 Å². The van der Waals surface area contributed by atoms with E-state index in [0.29, 0.717) is 35.5 Å². The van der Waals surface area contributed by atoms with Gasteiger partial charge in [0.2, 0.25) is 0 Å². The summed E-state index contributed by atoms with van der Waals surface area (Å²) in [6.07, 6.45) is 39.7. The third kappa shape index (κ3) is 2.37. The molecule has 0 N–H and O–H groups in total. The Morgan fingerprint density at radius 1 is 0.393 bits per heavy atom. The van der Waals surface area contributed by atoms with E-state index < -0.39 is 0 Å². The average molecular weight is 363 g/mol. The lowest BCUT2D eigenvalue weighted by Gasteiger charge is -2.30. The van der Waals surface area contributed by atoms with Gasteiger partial charge < -0.3 is 0 Å². The van der Waals surface area contributed by atoms with Crippen LogP contribution in [0.15, 0.2) is 120 Å². The van der Waals surface area contributed by atoms with Gasteiger partial charge in [0.25, 0.3) is 0 Å². The first-order valence-corrected chi connectivity index (χ1v) is 10.8. The molecule has 6 aliphatic carbocycles. The van der Waals surface area contributed by atoms with Gasteiger partial charge in [-0.2, -0.15) is 0 Å². The zero-order valence-electron chi connectivity index (χ0n) is 16.1. The van der Waals surface area contributed by atoms with Crippen LogP contribution < -0.4 is 0 Å². The van der Waals surface area contributed by atoms with Crippen molar-refractivity contribution in [2.45, 2.75) is 12.8 Å². The van der Waals surface area contributed by atoms with Crippen molar-refractivity contribution in [3.63, 3.8) is 0 Å². The predicted octanol–water partition coefficient (Wildman–Crippen LogP) is 6.59. The molecule has 0 aromatic heterocycles. The average Bonchev–Trinajstić information content (AvgIpc) is 3.26. The van der Waals surface area contributed by atoms with Gasteiger partial charge in [0, 0.05) is 23.7 Å². The molecular formula is C28H26. The molecule has 0 heterocycles. The Balaban J connectivity index is 1.27. The van der Waals surface area contributed by atoms with Crippen LogP contribution in [0, 0.1) is 35.5 Å². The van der Waals surface area contributed by atoms with Gasteiger partial charge in [0.15, 0.2) is 0 Å². The van der Waals surface area contributed by atoms with Gasteiger partial charge in [-0.15, -0.1) is 0 Å². The minimum atomic E-state index is 0.592. The fraction of sp³-hybridized carbons (Fsp3) is 0.286. The third-order valence-electron chi connectivity index (χ3n) is 7.60. The molecule has 4 unspecified atom stereocenters. The summed E-state index contributed by atoms with van der Waals surface area (Å²) in [5, 5.41) is 0. The Bertz CT molecular complexity index is 837. The van der Waals surface area contributed by atoms with Crippen molar-refractivity contribution in [3.8, 4) is 0 Å². The summed E-state index contributed by atoms with van der Waals surface area (Å²) in [7, 11) is 0. The lowest BCUT2D eigenvalue weighted by atomic mass is 9.74. The van der Waals surface area contributed by atoms with Crippen LogP contribution in [0.25, 0.3) is 0 Å². The second-order valence-corrected chi connectivity index (χ2v) is 8.81. The molecular weight excluding hydrogens is 336 g/mol. The third-order valence-corrected chi connectivity index (χ3v) is 7.60. The Kier molecular flexibility index (Phi) is 3.79. The van der Waals surface area contributed by atoms with Crippen molar-refractivity contribution in [3.05, 3.63) is 120 Å². The first-order valence-electron chi connectivity index (χ1n) is 10.8. The van der Waals surface area contributed by atoms with E-state index in [-0.39, 0.29) is 0 Å². The topological polar surface area (TPSA) is 0 Å². The van der Waals surface area contributed by atoms with Crippen LogP contribution in [0.3, 0.4) is 0 Å². The highest BCUT2D eigenvalue weighted by atomic mass is 14.5. The molecule has 0 amide bonds. The molecule has 0 heteroatoms. The smallest absolute Gasteiger partial charge is 0.00611 e. The van der Waals surface area contributed by atoms with E-state index in [4.69, 9.17) is 0 Å². The second kappa shape index (κ2) is 6.48. The molecule has 28 heavy (non-hydrogen) atoms. The number of hydrogen-bond acceptors (Lipinski definition) is 0. The minimum Gasteiger partial charge on any atom is -0.0767 e. The molecule has 6 aliphatic rings. The van der Waals surface area contributed by atoms with E-state index >= 15 is 0 Å². The molecule has 0 nitrogen and oxygen atoms in total. The highest BCUT2D eigenvalue weighted by Gasteiger charge is 2.43. The van der Waals surface area contributed by atoms with Gasteiger partial charge in [-0.3, -0.25) is 0 Å². The lowest BCUT2D eigenvalue weighted by Crippen LogP contribution is -2.22. The highest BCUT2D eigenvalue weighted by Crippen LogP contribution is 2.53. The molecule has 0 radical (unpaired) electrons. The van der Waals surface area contributed by atoms with Gasteiger partial charge in [0.05, 0.1) is 0 Å². The summed E-state index contributed by atoms with van der Waals surface area (Å²) in [4.78, 5) is 0. The van der Waals surface area contributed by atoms with Crippen molar-refractivity contribution in [2.24, 2.45) is 35.5 Å². The summed E-state index contributed by atoms with van der Waals surface area (Å²) in [5.74, 6) is 3.77. The van der Waals surface area contributed by atoms with E-state index in [0.717, 1.165) is 0 Å². The normalized spacial score (nSPS) is 38.3. The summed E-state index contributed by atoms with van der Waals surface area (Å²) in [5.41, 5.74) is 6.24. The van der Waals surface area contributed by atoms with E-state index in [1.54, 1.807) is 22.3 Å². The van der Waals surface area contributed by atoms with Crippen molar-refractivity contribution >= 4 is 0 Å². The number of fused-ring (bicyclic) bond motifs is 4. The molecule has 0 bridgehead atoms. The number of hydrogen-bond donors (Lipinski definition) is 0. The molecule has 138 valence electrons. The van der Waals surface area contributed by atoms with E-state index in [1.807, 2.05) is 0 Å². The van der Waals surface area contributed by atoms with Gasteiger partial charge in [-0.25, -0.2) is 0 Å². The molecule has 6 rings (SSSR count). The van der Waals surface area contributed by atoms with Crippen LogP contribution in [0.2, 0.25) is 0 Å². The fourth-order valence-corrected chi connectivity index (χ4v) is 6.43. The van der Waals surface area contributed by atoms with Crippen LogP contribution in [-0.4, -0.2) is 0 Å². The molecule has 0 fully saturated rings. The Morgan fingerprint density at radius 3 is 0.964 bits per heavy atom. The van der Waals surface area contributed by atoms with Crippen LogP contribution >= 0.6 is 0 Å². The summed E-state index contributed by atoms with van der Waals surface area (Å²) in [6.45, 7) is 0. The molecule has 0 aromatic rings. The van der Waals surface area contributed by atoms with Gasteiger partial charge in [-0.05, 0) is 47.0 Å². The fourth-order valence-electron chi connectivity index (χ4n) is 6.43. The maximum absolute atomic E-state index is 2.45. The molecule has 0 saturated heterocycles. The molecule has 0 saturated carbocycles. The SMILES string of the molecule is C1=CC2=C3C=CC=CC3C(CCC3C4C=CC=CC4=C4C=CC=CC43)C2C=C1. The first kappa shape index (κ1) is 16.4. The standard InChI is InChI=1S/C28H26/c1-5-13-23-19(9-1)20-10-2-6-14-24(20)27(23)17-18-28-25-15-7-3-11-21(25)22-12-4-8-16-26(22)28/h1-16,23-28H,17-18H2. The Labute approximate surface area is 168 Å². The largest absolute Gasteiger partial charge is 0.0767 e. The summed E-state index contributed by atoms with van der Waals surface area (Å²) >= 11 is 0. The monoisotopic (exact) mass is 362 g/mol. The zero-order chi connectivity index (χ0) is 18.5. The van der Waals surface area contributed by atoms with E-state index in [2.05, 4.69) is 97.2 Å². The van der Waals surface area contributed by atoms with Crippen molar-refractivity contribution in [1.29, 1.82) is 0 Å². The zero-order valence-corrected chi connectivity index (χ0v) is 16.1. The maximum atomic E-state index is 2.45. The van der Waals surface area contributed by atoms with Crippen LogP contribution in [0.1, 0.15) is 12.8 Å². The van der Waals surface area contributed by atoms with Crippen molar-refractivity contribution < 1.29 is 0 Å². The molecule has 0 spiro atoms. The molecule has 4 atom stereocenters. The number of allylic oxidation sites excluding steroid dienone is 20. The van der Waals surface area contributed by atoms with Crippen molar-refractivity contribution in [2.75, 3.05) is 0 Å². The van der Waals surface area contributed by atoms with Gasteiger partial charge >= 0.3 is 0 Å². The predicted molar refractivity (Wildman–Crippen MR) is 117 cm³/mol. The summed E-state index contributed by atoms with van der Waals surface area (Å²) in [6, 6.07) is 0. The van der Waals surface area contributed by atoms with Crippen molar-refractivity contribution in [1.82, 2.24) is 0 Å². The quantitative estimate of drug-likeness (QED) is 0.531. The first-order chi connectivity index (χ1) is 13.9. The van der Waals surface area contributed by atoms with E-state index in [9.17, 15) is 0 Å². The second-order valence-electron chi connectivity index (χ2n) is 8.81. The lowest BCUT2D eigenvalue weighted by molar-refractivity contribution is 0.297. The highest BCUT2D eigenvalue weighted by molar-refractivity contribution is 5.52. The van der Waals surface area contributed by atoms with E-state index in [1.165, 1.54) is 12.8 Å². The molecule has 0 aliphatic heterocycles. The number of rotatable bonds is 3. The van der Waals surface area contributed by atoms with Crippen LogP contribution in [0.5, 0.6) is 0 Å². The van der Waals surface area contributed by atoms with Gasteiger partial charge in [0.1, 0.15) is 0 Å².